The Hall–Kier alpha value is -1.36. The Kier molecular flexibility index (Phi) is 6.56. The maximum absolute atomic E-state index is 12.1. The molecule has 0 aromatic heterocycles. The SMILES string of the molecule is CCN(CC)C(=O)c1ccc(NC(=O)CCBr)cc1. The van der Waals surface area contributed by atoms with E-state index in [0.717, 1.165) is 0 Å². The van der Waals surface area contributed by atoms with Crippen molar-refractivity contribution >= 4 is 33.4 Å². The lowest BCUT2D eigenvalue weighted by Gasteiger charge is -2.18. The molecule has 0 bridgehead atoms. The Morgan fingerprint density at radius 1 is 1.16 bits per heavy atom. The molecule has 0 spiro atoms. The van der Waals surface area contributed by atoms with Crippen LogP contribution in [0.5, 0.6) is 0 Å². The molecule has 1 aromatic carbocycles. The molecule has 0 saturated heterocycles. The number of benzene rings is 1. The quantitative estimate of drug-likeness (QED) is 0.817. The first-order valence-corrected chi connectivity index (χ1v) is 7.49. The number of alkyl halides is 1. The molecule has 1 aromatic rings. The van der Waals surface area contributed by atoms with Crippen molar-refractivity contribution in [3.8, 4) is 0 Å². The van der Waals surface area contributed by atoms with Gasteiger partial charge in [-0.25, -0.2) is 0 Å². The Morgan fingerprint density at radius 2 is 1.74 bits per heavy atom. The third-order valence-corrected chi connectivity index (χ3v) is 3.18. The Morgan fingerprint density at radius 3 is 2.21 bits per heavy atom. The fraction of sp³-hybridized carbons (Fsp3) is 0.429. The van der Waals surface area contributed by atoms with Crippen molar-refractivity contribution in [1.82, 2.24) is 4.90 Å². The van der Waals surface area contributed by atoms with Gasteiger partial charge in [0.05, 0.1) is 0 Å². The normalized spacial score (nSPS) is 10.1. The van der Waals surface area contributed by atoms with Crippen molar-refractivity contribution in [2.45, 2.75) is 20.3 Å². The molecule has 104 valence electrons. The Labute approximate surface area is 122 Å². The van der Waals surface area contributed by atoms with Crippen molar-refractivity contribution in [1.29, 1.82) is 0 Å². The van der Waals surface area contributed by atoms with E-state index in [1.165, 1.54) is 0 Å². The number of hydrogen-bond acceptors (Lipinski definition) is 2. The molecule has 1 rings (SSSR count). The zero-order valence-corrected chi connectivity index (χ0v) is 12.9. The molecule has 1 N–H and O–H groups in total. The van der Waals surface area contributed by atoms with Crippen LogP contribution >= 0.6 is 15.9 Å². The van der Waals surface area contributed by atoms with Crippen LogP contribution in [-0.2, 0) is 4.79 Å². The van der Waals surface area contributed by atoms with Crippen LogP contribution in [0.15, 0.2) is 24.3 Å². The highest BCUT2D eigenvalue weighted by atomic mass is 79.9. The third kappa shape index (κ3) is 4.67. The molecule has 0 aliphatic carbocycles. The molecule has 2 amide bonds. The summed E-state index contributed by atoms with van der Waals surface area (Å²) >= 11 is 3.21. The maximum Gasteiger partial charge on any atom is 0.253 e. The summed E-state index contributed by atoms with van der Waals surface area (Å²) in [4.78, 5) is 25.3. The van der Waals surface area contributed by atoms with Crippen molar-refractivity contribution < 1.29 is 9.59 Å². The smallest absolute Gasteiger partial charge is 0.253 e. The highest BCUT2D eigenvalue weighted by Crippen LogP contribution is 2.12. The van der Waals surface area contributed by atoms with E-state index < -0.39 is 0 Å². The summed E-state index contributed by atoms with van der Waals surface area (Å²) in [7, 11) is 0. The predicted molar refractivity (Wildman–Crippen MR) is 80.7 cm³/mol. The number of anilines is 1. The summed E-state index contributed by atoms with van der Waals surface area (Å²) in [6, 6.07) is 6.99. The number of halogens is 1. The molecule has 0 aliphatic heterocycles. The first-order chi connectivity index (χ1) is 9.12. The first kappa shape index (κ1) is 15.7. The van der Waals surface area contributed by atoms with Gasteiger partial charge in [-0.3, -0.25) is 9.59 Å². The molecule has 0 aliphatic rings. The third-order valence-electron chi connectivity index (χ3n) is 2.79. The van der Waals surface area contributed by atoms with E-state index >= 15 is 0 Å². The van der Waals surface area contributed by atoms with Crippen LogP contribution in [0.1, 0.15) is 30.6 Å². The van der Waals surface area contributed by atoms with Gasteiger partial charge in [0.15, 0.2) is 0 Å². The van der Waals surface area contributed by atoms with Gasteiger partial charge in [0.25, 0.3) is 5.91 Å². The highest BCUT2D eigenvalue weighted by molar-refractivity contribution is 9.09. The lowest BCUT2D eigenvalue weighted by Crippen LogP contribution is -2.30. The van der Waals surface area contributed by atoms with Gasteiger partial charge in [-0.05, 0) is 38.1 Å². The molecule has 0 atom stereocenters. The average molecular weight is 327 g/mol. The Bertz CT molecular complexity index is 428. The van der Waals surface area contributed by atoms with Gasteiger partial charge in [0.2, 0.25) is 5.91 Å². The van der Waals surface area contributed by atoms with Gasteiger partial charge >= 0.3 is 0 Å². The van der Waals surface area contributed by atoms with Gasteiger partial charge in [0.1, 0.15) is 0 Å². The maximum atomic E-state index is 12.1. The summed E-state index contributed by atoms with van der Waals surface area (Å²) in [6.45, 7) is 5.30. The monoisotopic (exact) mass is 326 g/mol. The molecule has 0 saturated carbocycles. The van der Waals surface area contributed by atoms with Crippen LogP contribution in [0.3, 0.4) is 0 Å². The molecule has 0 radical (unpaired) electrons. The average Bonchev–Trinajstić information content (AvgIpc) is 2.41. The number of nitrogens with zero attached hydrogens (tertiary/aromatic N) is 1. The van der Waals surface area contributed by atoms with E-state index in [4.69, 9.17) is 0 Å². The molecular weight excluding hydrogens is 308 g/mol. The number of amides is 2. The summed E-state index contributed by atoms with van der Waals surface area (Å²) in [6.07, 6.45) is 0.431. The zero-order valence-electron chi connectivity index (χ0n) is 11.3. The highest BCUT2D eigenvalue weighted by Gasteiger charge is 2.12. The second-order valence-electron chi connectivity index (χ2n) is 4.04. The van der Waals surface area contributed by atoms with E-state index in [1.807, 2.05) is 13.8 Å². The van der Waals surface area contributed by atoms with Crippen molar-refractivity contribution in [3.05, 3.63) is 29.8 Å². The molecule has 5 heteroatoms. The van der Waals surface area contributed by atoms with Crippen molar-refractivity contribution in [2.24, 2.45) is 0 Å². The van der Waals surface area contributed by atoms with E-state index in [-0.39, 0.29) is 11.8 Å². The van der Waals surface area contributed by atoms with E-state index in [0.29, 0.717) is 36.1 Å². The van der Waals surface area contributed by atoms with Crippen LogP contribution in [0.4, 0.5) is 5.69 Å². The summed E-state index contributed by atoms with van der Waals surface area (Å²) in [5.74, 6) is -0.0250. The Balaban J connectivity index is 2.70. The van der Waals surface area contributed by atoms with E-state index in [2.05, 4.69) is 21.2 Å². The minimum absolute atomic E-state index is 0.0170. The fourth-order valence-electron chi connectivity index (χ4n) is 1.70. The van der Waals surface area contributed by atoms with Crippen LogP contribution in [-0.4, -0.2) is 35.1 Å². The first-order valence-electron chi connectivity index (χ1n) is 6.37. The second-order valence-corrected chi connectivity index (χ2v) is 4.83. The number of carbonyl (C=O) groups is 2. The topological polar surface area (TPSA) is 49.4 Å². The molecule has 0 fully saturated rings. The van der Waals surface area contributed by atoms with Crippen LogP contribution in [0, 0.1) is 0 Å². The molecular formula is C14H19BrN2O2. The van der Waals surface area contributed by atoms with Gasteiger partial charge in [0, 0.05) is 36.1 Å². The minimum atomic E-state index is -0.0419. The number of hydrogen-bond donors (Lipinski definition) is 1. The molecule has 4 nitrogen and oxygen atoms in total. The summed E-state index contributed by atoms with van der Waals surface area (Å²) in [5, 5.41) is 3.41. The minimum Gasteiger partial charge on any atom is -0.339 e. The standard InChI is InChI=1S/C14H19BrN2O2/c1-3-17(4-2)14(19)11-5-7-12(8-6-11)16-13(18)9-10-15/h5-8H,3-4,9-10H2,1-2H3,(H,16,18). The van der Waals surface area contributed by atoms with Crippen LogP contribution in [0.25, 0.3) is 0 Å². The number of rotatable bonds is 6. The summed E-state index contributed by atoms with van der Waals surface area (Å²) in [5.41, 5.74) is 1.35. The van der Waals surface area contributed by atoms with Crippen LogP contribution < -0.4 is 5.32 Å². The van der Waals surface area contributed by atoms with Crippen molar-refractivity contribution in [3.63, 3.8) is 0 Å². The largest absolute Gasteiger partial charge is 0.339 e. The van der Waals surface area contributed by atoms with Crippen molar-refractivity contribution in [2.75, 3.05) is 23.7 Å². The predicted octanol–water partition coefficient (Wildman–Crippen LogP) is 2.89. The number of nitrogens with one attached hydrogen (secondary N) is 1. The molecule has 0 unspecified atom stereocenters. The van der Waals surface area contributed by atoms with E-state index in [9.17, 15) is 9.59 Å². The summed E-state index contributed by atoms with van der Waals surface area (Å²) < 4.78 is 0. The van der Waals surface area contributed by atoms with E-state index in [1.54, 1.807) is 29.2 Å². The fourth-order valence-corrected chi connectivity index (χ4v) is 2.06. The zero-order chi connectivity index (χ0) is 14.3. The van der Waals surface area contributed by atoms with Gasteiger partial charge in [-0.2, -0.15) is 0 Å². The van der Waals surface area contributed by atoms with Crippen LogP contribution in [0.2, 0.25) is 0 Å². The molecule has 19 heavy (non-hydrogen) atoms. The van der Waals surface area contributed by atoms with Gasteiger partial charge < -0.3 is 10.2 Å². The van der Waals surface area contributed by atoms with Gasteiger partial charge in [-0.1, -0.05) is 15.9 Å². The number of carbonyl (C=O) groups excluding carboxylic acids is 2. The molecule has 0 heterocycles. The lowest BCUT2D eigenvalue weighted by molar-refractivity contribution is -0.115. The van der Waals surface area contributed by atoms with Gasteiger partial charge in [-0.15, -0.1) is 0 Å². The second kappa shape index (κ2) is 7.94. The lowest BCUT2D eigenvalue weighted by atomic mass is 10.1.